The Morgan fingerprint density at radius 1 is 1.22 bits per heavy atom. The summed E-state index contributed by atoms with van der Waals surface area (Å²) in [6.07, 6.45) is 1.75. The van der Waals surface area contributed by atoms with E-state index in [1.807, 2.05) is 49.1 Å². The molecule has 2 aromatic carbocycles. The molecule has 140 valence electrons. The van der Waals surface area contributed by atoms with E-state index in [-0.39, 0.29) is 18.3 Å². The highest BCUT2D eigenvalue weighted by molar-refractivity contribution is 6.32. The summed E-state index contributed by atoms with van der Waals surface area (Å²) in [6.45, 7) is 3.51. The zero-order valence-electron chi connectivity index (χ0n) is 15.9. The average Bonchev–Trinajstić information content (AvgIpc) is 3.03. The summed E-state index contributed by atoms with van der Waals surface area (Å²) in [6, 6.07) is 13.4. The third-order valence-corrected chi connectivity index (χ3v) is 4.53. The first-order chi connectivity index (χ1) is 13.0. The number of nitrogens with zero attached hydrogens (tertiary/aromatic N) is 1. The number of ether oxygens (including phenoxy) is 2. The smallest absolute Gasteiger partial charge is 0.310 e. The molecule has 0 aliphatic carbocycles. The van der Waals surface area contributed by atoms with Crippen molar-refractivity contribution in [3.8, 4) is 11.5 Å². The number of esters is 1. The van der Waals surface area contributed by atoms with Gasteiger partial charge in [-0.2, -0.15) is 0 Å². The Kier molecular flexibility index (Phi) is 6.17. The normalized spacial score (nSPS) is 13.7. The first-order valence-electron chi connectivity index (χ1n) is 9.35. The van der Waals surface area contributed by atoms with E-state index in [9.17, 15) is 9.59 Å². The highest BCUT2D eigenvalue weighted by atomic mass is 16.5. The fourth-order valence-corrected chi connectivity index (χ4v) is 3.23. The third-order valence-electron chi connectivity index (χ3n) is 4.53. The fourth-order valence-electron chi connectivity index (χ4n) is 3.23. The first kappa shape index (κ1) is 19.0. The van der Waals surface area contributed by atoms with Crippen LogP contribution < -0.4 is 10.2 Å². The van der Waals surface area contributed by atoms with Crippen LogP contribution in [-0.4, -0.2) is 37.8 Å². The maximum Gasteiger partial charge on any atom is 0.310 e. The van der Waals surface area contributed by atoms with Crippen LogP contribution in [0.2, 0.25) is 0 Å². The number of hydrogen-bond acceptors (Lipinski definition) is 4. The molecule has 0 aromatic heterocycles. The number of rotatable bonds is 7. The summed E-state index contributed by atoms with van der Waals surface area (Å²) in [4.78, 5) is 25.5. The molecule has 0 atom stereocenters. The van der Waals surface area contributed by atoms with Crippen molar-refractivity contribution in [3.05, 3.63) is 53.6 Å². The highest BCUT2D eigenvalue weighted by Crippen LogP contribution is 2.27. The minimum Gasteiger partial charge on any atom is -0.466 e. The summed E-state index contributed by atoms with van der Waals surface area (Å²) in [5.41, 5.74) is 2.95. The van der Waals surface area contributed by atoms with E-state index in [2.05, 4.69) is 6.07 Å². The molecule has 6 heteroatoms. The minimum atomic E-state index is -0.252. The molecule has 0 bridgehead atoms. The van der Waals surface area contributed by atoms with Crippen molar-refractivity contribution in [2.45, 2.75) is 32.7 Å². The fraction of sp³-hybridized carbons (Fsp3) is 0.333. The van der Waals surface area contributed by atoms with Crippen LogP contribution in [-0.2, 0) is 27.3 Å². The molecule has 1 saturated heterocycles. The second-order valence-corrected chi connectivity index (χ2v) is 6.76. The van der Waals surface area contributed by atoms with Crippen molar-refractivity contribution in [3.63, 3.8) is 0 Å². The van der Waals surface area contributed by atoms with Gasteiger partial charge in [-0.05, 0) is 37.1 Å². The van der Waals surface area contributed by atoms with Crippen molar-refractivity contribution in [1.29, 1.82) is 0 Å². The average molecular weight is 365 g/mol. The Bertz CT molecular complexity index is 837. The lowest BCUT2D eigenvalue weighted by molar-refractivity contribution is -0.142. The van der Waals surface area contributed by atoms with Gasteiger partial charge in [0.15, 0.2) is 0 Å². The summed E-state index contributed by atoms with van der Waals surface area (Å²) < 4.78 is 11.1. The van der Waals surface area contributed by atoms with Crippen molar-refractivity contribution < 1.29 is 19.1 Å². The number of carbonyl (C=O) groups is 2. The Balaban J connectivity index is 1.77. The molecule has 1 aliphatic rings. The van der Waals surface area contributed by atoms with E-state index in [0.717, 1.165) is 35.3 Å². The van der Waals surface area contributed by atoms with Gasteiger partial charge >= 0.3 is 5.97 Å². The molecule has 0 saturated carbocycles. The summed E-state index contributed by atoms with van der Waals surface area (Å²) in [5, 5.41) is 0. The van der Waals surface area contributed by atoms with Crippen molar-refractivity contribution in [2.24, 2.45) is 0 Å². The molecule has 1 amide bonds. The summed E-state index contributed by atoms with van der Waals surface area (Å²) in [7, 11) is 2.03. The van der Waals surface area contributed by atoms with E-state index in [1.54, 1.807) is 6.92 Å². The van der Waals surface area contributed by atoms with Crippen LogP contribution in [0.15, 0.2) is 42.5 Å². The first-order valence-corrected chi connectivity index (χ1v) is 9.35. The molecule has 0 spiro atoms. The van der Waals surface area contributed by atoms with Gasteiger partial charge < -0.3 is 14.4 Å². The maximum atomic E-state index is 12.0. The van der Waals surface area contributed by atoms with E-state index in [1.165, 1.54) is 0 Å². The molecule has 2 aromatic rings. The second kappa shape index (κ2) is 8.76. The van der Waals surface area contributed by atoms with Crippen LogP contribution in [0.5, 0.6) is 11.5 Å². The van der Waals surface area contributed by atoms with Crippen molar-refractivity contribution in [2.75, 3.05) is 13.2 Å². The van der Waals surface area contributed by atoms with Crippen LogP contribution in [0.1, 0.15) is 30.9 Å². The van der Waals surface area contributed by atoms with Crippen LogP contribution >= 0.6 is 0 Å². The Morgan fingerprint density at radius 3 is 2.81 bits per heavy atom. The molecular formula is C21H24BNO4. The number of benzene rings is 2. The van der Waals surface area contributed by atoms with E-state index in [0.29, 0.717) is 25.3 Å². The Hall–Kier alpha value is -2.76. The largest absolute Gasteiger partial charge is 0.466 e. The topological polar surface area (TPSA) is 55.8 Å². The molecule has 0 N–H and O–H groups in total. The number of amides is 1. The molecule has 5 nitrogen and oxygen atoms in total. The second-order valence-electron chi connectivity index (χ2n) is 6.76. The van der Waals surface area contributed by atoms with Gasteiger partial charge in [0.25, 0.3) is 0 Å². The van der Waals surface area contributed by atoms with Gasteiger partial charge in [0, 0.05) is 25.1 Å². The summed E-state index contributed by atoms with van der Waals surface area (Å²) in [5.74, 6) is 1.33. The summed E-state index contributed by atoms with van der Waals surface area (Å²) >= 11 is 0. The van der Waals surface area contributed by atoms with Crippen LogP contribution in [0, 0.1) is 0 Å². The zero-order chi connectivity index (χ0) is 19.2. The van der Waals surface area contributed by atoms with Gasteiger partial charge in [-0.25, -0.2) is 0 Å². The number of carbonyl (C=O) groups excluding carboxylic acids is 2. The van der Waals surface area contributed by atoms with E-state index >= 15 is 0 Å². The number of likely N-dealkylation sites (tertiary alicyclic amines) is 1. The van der Waals surface area contributed by atoms with Gasteiger partial charge in [0.1, 0.15) is 19.3 Å². The highest BCUT2D eigenvalue weighted by Gasteiger charge is 2.21. The van der Waals surface area contributed by atoms with Gasteiger partial charge in [-0.15, -0.1) is 0 Å². The van der Waals surface area contributed by atoms with Crippen molar-refractivity contribution in [1.82, 2.24) is 4.90 Å². The van der Waals surface area contributed by atoms with Crippen LogP contribution in [0.25, 0.3) is 0 Å². The molecule has 3 rings (SSSR count). The predicted octanol–water partition coefficient (Wildman–Crippen LogP) is 1.97. The van der Waals surface area contributed by atoms with Gasteiger partial charge in [0.2, 0.25) is 5.91 Å². The quantitative estimate of drug-likeness (QED) is 0.556. The Labute approximate surface area is 160 Å². The van der Waals surface area contributed by atoms with Gasteiger partial charge in [0.05, 0.1) is 13.0 Å². The monoisotopic (exact) mass is 365 g/mol. The molecule has 1 fully saturated rings. The van der Waals surface area contributed by atoms with Gasteiger partial charge in [-0.3, -0.25) is 9.59 Å². The molecule has 1 aliphatic heterocycles. The standard InChI is InChI=1S/C21H24BNO4/c1-2-26-21(25)12-15-5-3-6-18(11-15)27-19-9-8-17(22)13-16(19)14-23-10-4-7-20(23)24/h3,5-6,8-9,11,13H,2,4,7,10,12,14,22H2,1H3. The third kappa shape index (κ3) is 5.13. The Morgan fingerprint density at radius 2 is 2.07 bits per heavy atom. The molecule has 27 heavy (non-hydrogen) atoms. The van der Waals surface area contributed by atoms with Gasteiger partial charge in [-0.1, -0.05) is 29.7 Å². The molecule has 1 heterocycles. The van der Waals surface area contributed by atoms with E-state index in [4.69, 9.17) is 9.47 Å². The number of hydrogen-bond donors (Lipinski definition) is 0. The molecule has 0 radical (unpaired) electrons. The van der Waals surface area contributed by atoms with Crippen molar-refractivity contribution >= 4 is 25.2 Å². The van der Waals surface area contributed by atoms with Crippen LogP contribution in [0.3, 0.4) is 0 Å². The zero-order valence-corrected chi connectivity index (χ0v) is 15.9. The lowest BCUT2D eigenvalue weighted by Crippen LogP contribution is -2.24. The van der Waals surface area contributed by atoms with E-state index < -0.39 is 0 Å². The minimum absolute atomic E-state index is 0.193. The lowest BCUT2D eigenvalue weighted by atomic mass is 9.94. The van der Waals surface area contributed by atoms with Crippen LogP contribution in [0.4, 0.5) is 0 Å². The predicted molar refractivity (Wildman–Crippen MR) is 106 cm³/mol. The molecular weight excluding hydrogens is 341 g/mol. The SMILES string of the molecule is Bc1ccc(Oc2cccc(CC(=O)OCC)c2)c(CN2CCCC2=O)c1. The molecule has 0 unspecified atom stereocenters. The maximum absolute atomic E-state index is 12.0. The lowest BCUT2D eigenvalue weighted by Gasteiger charge is -2.19.